The van der Waals surface area contributed by atoms with E-state index >= 15 is 0 Å². The first-order chi connectivity index (χ1) is 12.6. The molecule has 0 amide bonds. The number of nitriles is 2. The zero-order valence-corrected chi connectivity index (χ0v) is 14.9. The van der Waals surface area contributed by atoms with Crippen molar-refractivity contribution >= 4 is 29.4 Å². The number of aliphatic imine (C=N–C) groups is 1. The third-order valence-electron chi connectivity index (χ3n) is 3.16. The average Bonchev–Trinajstić information content (AvgIpc) is 2.94. The molecular weight excluding hydrogens is 406 g/mol. The van der Waals surface area contributed by atoms with Gasteiger partial charge in [0.15, 0.2) is 5.70 Å². The van der Waals surface area contributed by atoms with Crippen molar-refractivity contribution in [1.82, 2.24) is 15.0 Å². The van der Waals surface area contributed by atoms with E-state index in [1.807, 2.05) is 0 Å². The summed E-state index contributed by atoms with van der Waals surface area (Å²) in [5.41, 5.74) is 4.05. The highest BCUT2D eigenvalue weighted by atomic mass is 35.5. The van der Waals surface area contributed by atoms with E-state index in [9.17, 15) is 13.2 Å². The quantitative estimate of drug-likeness (QED) is 0.609. The number of aryl methyl sites for hydroxylation is 1. The van der Waals surface area contributed by atoms with Gasteiger partial charge in [0.25, 0.3) is 0 Å². The van der Waals surface area contributed by atoms with Gasteiger partial charge >= 0.3 is 6.18 Å². The Labute approximate surface area is 160 Å². The Morgan fingerprint density at radius 1 is 1.22 bits per heavy atom. The molecule has 2 N–H and O–H groups in total. The Morgan fingerprint density at radius 2 is 1.81 bits per heavy atom. The highest BCUT2D eigenvalue weighted by molar-refractivity contribution is 6.37. The van der Waals surface area contributed by atoms with E-state index in [1.54, 1.807) is 19.1 Å². The van der Waals surface area contributed by atoms with Crippen LogP contribution in [0.5, 0.6) is 0 Å². The van der Waals surface area contributed by atoms with Crippen molar-refractivity contribution in [2.45, 2.75) is 13.1 Å². The van der Waals surface area contributed by atoms with Gasteiger partial charge in [-0.05, 0) is 19.1 Å². The molecule has 0 radical (unpaired) electrons. The predicted molar refractivity (Wildman–Crippen MR) is 91.2 cm³/mol. The number of nitrogens with two attached hydrogens (primary N) is 1. The van der Waals surface area contributed by atoms with Gasteiger partial charge < -0.3 is 5.73 Å². The minimum atomic E-state index is -4.61. The second-order valence-corrected chi connectivity index (χ2v) is 5.80. The lowest BCUT2D eigenvalue weighted by molar-refractivity contribution is -0.137. The van der Waals surface area contributed by atoms with Crippen molar-refractivity contribution in [2.75, 3.05) is 0 Å². The Balaban J connectivity index is 2.49. The van der Waals surface area contributed by atoms with Gasteiger partial charge in [-0.25, -0.2) is 4.99 Å². The Bertz CT molecular complexity index is 1020. The number of nitrogens with zero attached hydrogens (tertiary/aromatic N) is 6. The van der Waals surface area contributed by atoms with Gasteiger partial charge in [-0.3, -0.25) is 0 Å². The fraction of sp³-hybridized carbons (Fsp3) is 0.133. The molecule has 1 aromatic heterocycles. The summed E-state index contributed by atoms with van der Waals surface area (Å²) in [6, 6.07) is 4.65. The maximum Gasteiger partial charge on any atom is 0.416 e. The molecule has 0 fully saturated rings. The number of aromatic nitrogens is 3. The number of hydrogen-bond acceptors (Lipinski definition) is 6. The molecule has 0 saturated heterocycles. The van der Waals surface area contributed by atoms with Gasteiger partial charge in [-0.1, -0.05) is 23.2 Å². The summed E-state index contributed by atoms with van der Waals surface area (Å²) in [6.45, 7) is 1.54. The molecular formula is C15H8Cl2F3N7. The van der Waals surface area contributed by atoms with Crippen molar-refractivity contribution in [3.05, 3.63) is 50.5 Å². The summed E-state index contributed by atoms with van der Waals surface area (Å²) < 4.78 is 38.5. The van der Waals surface area contributed by atoms with Gasteiger partial charge in [-0.2, -0.15) is 28.8 Å². The molecule has 0 aliphatic heterocycles. The molecule has 138 valence electrons. The first-order valence-corrected chi connectivity index (χ1v) is 7.68. The van der Waals surface area contributed by atoms with Crippen molar-refractivity contribution in [1.29, 1.82) is 10.5 Å². The van der Waals surface area contributed by atoms with Crippen LogP contribution in [0.4, 0.5) is 13.2 Å². The zero-order valence-electron chi connectivity index (χ0n) is 13.4. The van der Waals surface area contributed by atoms with Crippen LogP contribution in [-0.4, -0.2) is 21.2 Å². The van der Waals surface area contributed by atoms with Crippen LogP contribution in [-0.2, 0) is 6.18 Å². The fourth-order valence-corrected chi connectivity index (χ4v) is 2.51. The minimum absolute atomic E-state index is 0.0540. The summed E-state index contributed by atoms with van der Waals surface area (Å²) >= 11 is 11.9. The SMILES string of the molecule is Cc1nn(-c2c(Cl)cc(C(F)(F)F)cc2Cl)nc1C=NC(C#N)=C(N)C#N. The third-order valence-corrected chi connectivity index (χ3v) is 3.74. The maximum absolute atomic E-state index is 12.8. The molecule has 2 aromatic rings. The third kappa shape index (κ3) is 4.37. The summed E-state index contributed by atoms with van der Waals surface area (Å²) in [5, 5.41) is 25.0. The van der Waals surface area contributed by atoms with E-state index < -0.39 is 11.7 Å². The lowest BCUT2D eigenvalue weighted by Gasteiger charge is -2.11. The largest absolute Gasteiger partial charge is 0.416 e. The van der Waals surface area contributed by atoms with E-state index in [4.69, 9.17) is 39.5 Å². The molecule has 0 atom stereocenters. The van der Waals surface area contributed by atoms with Gasteiger partial charge in [0, 0.05) is 0 Å². The fourth-order valence-electron chi connectivity index (χ4n) is 1.87. The number of alkyl halides is 3. The number of halogens is 5. The Hall–Kier alpha value is -3.08. The highest BCUT2D eigenvalue weighted by Crippen LogP contribution is 2.37. The molecule has 1 heterocycles. The minimum Gasteiger partial charge on any atom is -0.388 e. The van der Waals surface area contributed by atoms with Gasteiger partial charge in [0.1, 0.15) is 29.2 Å². The van der Waals surface area contributed by atoms with Gasteiger partial charge in [0.2, 0.25) is 0 Å². The smallest absolute Gasteiger partial charge is 0.388 e. The van der Waals surface area contributed by atoms with Crippen LogP contribution < -0.4 is 5.73 Å². The molecule has 7 nitrogen and oxygen atoms in total. The molecule has 1 aromatic carbocycles. The maximum atomic E-state index is 12.8. The van der Waals surface area contributed by atoms with Crippen molar-refractivity contribution in [2.24, 2.45) is 10.7 Å². The van der Waals surface area contributed by atoms with Crippen molar-refractivity contribution < 1.29 is 13.2 Å². The summed E-state index contributed by atoms with van der Waals surface area (Å²) in [6.07, 6.45) is -3.48. The Kier molecular flexibility index (Phi) is 5.74. The molecule has 0 bridgehead atoms. The molecule has 0 aliphatic carbocycles. The highest BCUT2D eigenvalue weighted by Gasteiger charge is 2.32. The molecule has 0 aliphatic rings. The normalized spacial score (nSPS) is 12.6. The van der Waals surface area contributed by atoms with Crippen LogP contribution in [0.1, 0.15) is 17.0 Å². The van der Waals surface area contributed by atoms with Crippen LogP contribution in [0, 0.1) is 29.6 Å². The first kappa shape index (κ1) is 20.2. The van der Waals surface area contributed by atoms with Crippen LogP contribution in [0.25, 0.3) is 5.69 Å². The van der Waals surface area contributed by atoms with E-state index in [0.29, 0.717) is 17.8 Å². The molecule has 0 unspecified atom stereocenters. The number of benzene rings is 1. The van der Waals surface area contributed by atoms with Crippen molar-refractivity contribution in [3.8, 4) is 17.8 Å². The molecule has 2 rings (SSSR count). The summed E-state index contributed by atoms with van der Waals surface area (Å²) in [5.74, 6) is 0. The lowest BCUT2D eigenvalue weighted by Crippen LogP contribution is -2.08. The first-order valence-electron chi connectivity index (χ1n) is 6.93. The van der Waals surface area contributed by atoms with Crippen LogP contribution in [0.3, 0.4) is 0 Å². The van der Waals surface area contributed by atoms with Gasteiger partial charge in [-0.15, -0.1) is 9.90 Å². The predicted octanol–water partition coefficient (Wildman–Crippen LogP) is 3.54. The second-order valence-electron chi connectivity index (χ2n) is 4.99. The van der Waals surface area contributed by atoms with E-state index in [2.05, 4.69) is 15.2 Å². The lowest BCUT2D eigenvalue weighted by atomic mass is 10.2. The number of allylic oxidation sites excluding steroid dienone is 2. The van der Waals surface area contributed by atoms with Crippen molar-refractivity contribution in [3.63, 3.8) is 0 Å². The summed E-state index contributed by atoms with van der Waals surface area (Å²) in [4.78, 5) is 4.71. The topological polar surface area (TPSA) is 117 Å². The standard InChI is InChI=1S/C15H8Cl2F3N7/c1-7-13(6-24-12(5-22)11(23)4-21)26-27(25-7)14-9(16)2-8(3-10(14)17)15(18,19)20/h2-3,6H,23H2,1H3. The van der Waals surface area contributed by atoms with Crippen LogP contribution in [0.2, 0.25) is 10.0 Å². The van der Waals surface area contributed by atoms with E-state index in [0.717, 1.165) is 11.0 Å². The average molecular weight is 414 g/mol. The number of hydrogen-bond donors (Lipinski definition) is 1. The molecule has 27 heavy (non-hydrogen) atoms. The molecule has 0 spiro atoms. The zero-order chi connectivity index (χ0) is 20.4. The van der Waals surface area contributed by atoms with E-state index in [1.165, 1.54) is 0 Å². The number of rotatable bonds is 3. The monoisotopic (exact) mass is 413 g/mol. The molecule has 12 heteroatoms. The van der Waals surface area contributed by atoms with Crippen LogP contribution >= 0.6 is 23.2 Å². The summed E-state index contributed by atoms with van der Waals surface area (Å²) in [7, 11) is 0. The van der Waals surface area contributed by atoms with Crippen LogP contribution in [0.15, 0.2) is 28.5 Å². The Morgan fingerprint density at radius 3 is 2.30 bits per heavy atom. The van der Waals surface area contributed by atoms with E-state index in [-0.39, 0.29) is 32.8 Å². The van der Waals surface area contributed by atoms with Gasteiger partial charge in [0.05, 0.1) is 27.5 Å². The second kappa shape index (κ2) is 7.66. The molecule has 0 saturated carbocycles.